The Kier molecular flexibility index (Phi) is 9.14. The molecule has 0 spiro atoms. The van der Waals surface area contributed by atoms with Crippen LogP contribution in [0.3, 0.4) is 0 Å². The second-order valence-electron chi connectivity index (χ2n) is 3.23. The molecule has 0 radical (unpaired) electrons. The molecule has 0 nitrogen and oxygen atoms in total. The first-order valence-electron chi connectivity index (χ1n) is 5.12. The van der Waals surface area contributed by atoms with Crippen LogP contribution in [0.15, 0.2) is 12.2 Å². The van der Waals surface area contributed by atoms with Gasteiger partial charge in [0.2, 0.25) is 0 Å². The molecule has 0 bridgehead atoms. The minimum Gasteiger partial charge on any atom is -0.118 e. The van der Waals surface area contributed by atoms with E-state index >= 15 is 0 Å². The molecule has 0 N–H and O–H groups in total. The number of rotatable bonds is 7. The van der Waals surface area contributed by atoms with Gasteiger partial charge in [0.1, 0.15) is 0 Å². The van der Waals surface area contributed by atoms with Gasteiger partial charge in [-0.1, -0.05) is 51.7 Å². The van der Waals surface area contributed by atoms with E-state index in [-0.39, 0.29) is 5.38 Å². The Bertz CT molecular complexity index is 108. The normalized spacial score (nSPS) is 13.9. The van der Waals surface area contributed by atoms with E-state index in [1.165, 1.54) is 32.1 Å². The molecule has 0 aliphatic heterocycles. The van der Waals surface area contributed by atoms with Crippen LogP contribution in [-0.4, -0.2) is 5.38 Å². The number of hydrogen-bond acceptors (Lipinski definition) is 0. The first-order chi connectivity index (χ1) is 5.81. The van der Waals surface area contributed by atoms with Gasteiger partial charge < -0.3 is 0 Å². The zero-order chi connectivity index (χ0) is 9.23. The smallest absolute Gasteiger partial charge is 0.0516 e. The molecule has 1 atom stereocenters. The minimum absolute atomic E-state index is 0.266. The van der Waals surface area contributed by atoms with Crippen LogP contribution in [-0.2, 0) is 0 Å². The molecule has 72 valence electrons. The first-order valence-corrected chi connectivity index (χ1v) is 5.55. The number of halogens is 1. The van der Waals surface area contributed by atoms with Crippen LogP contribution in [0.2, 0.25) is 0 Å². The molecule has 12 heavy (non-hydrogen) atoms. The molecule has 0 amide bonds. The lowest BCUT2D eigenvalue weighted by Gasteiger charge is -2.01. The Morgan fingerprint density at radius 1 is 1.17 bits per heavy atom. The lowest BCUT2D eigenvalue weighted by atomic mass is 10.1. The SMILES string of the molecule is CCCCC=CC(Cl)CCCC. The maximum atomic E-state index is 6.05. The molecule has 0 heterocycles. The molecule has 0 aromatic carbocycles. The fourth-order valence-electron chi connectivity index (χ4n) is 1.06. The van der Waals surface area contributed by atoms with Crippen molar-refractivity contribution in [3.05, 3.63) is 12.2 Å². The Labute approximate surface area is 82.0 Å². The summed E-state index contributed by atoms with van der Waals surface area (Å²) in [5.74, 6) is 0. The zero-order valence-corrected chi connectivity index (χ0v) is 9.11. The maximum Gasteiger partial charge on any atom is 0.0516 e. The minimum atomic E-state index is 0.266. The van der Waals surface area contributed by atoms with Gasteiger partial charge in [-0.3, -0.25) is 0 Å². The standard InChI is InChI=1S/C11H21Cl/c1-3-5-7-8-10-11(12)9-6-4-2/h8,10-11H,3-7,9H2,1-2H3. The van der Waals surface area contributed by atoms with Crippen molar-refractivity contribution in [2.24, 2.45) is 0 Å². The lowest BCUT2D eigenvalue weighted by Crippen LogP contribution is -1.91. The molecule has 0 aromatic rings. The van der Waals surface area contributed by atoms with Crippen LogP contribution < -0.4 is 0 Å². The summed E-state index contributed by atoms with van der Waals surface area (Å²) in [4.78, 5) is 0. The second-order valence-corrected chi connectivity index (χ2v) is 3.79. The van der Waals surface area contributed by atoms with Crippen molar-refractivity contribution in [2.75, 3.05) is 0 Å². The van der Waals surface area contributed by atoms with E-state index < -0.39 is 0 Å². The molecule has 0 aliphatic carbocycles. The highest BCUT2D eigenvalue weighted by Crippen LogP contribution is 2.09. The van der Waals surface area contributed by atoms with E-state index in [0.29, 0.717) is 0 Å². The first kappa shape index (κ1) is 12.0. The quantitative estimate of drug-likeness (QED) is 0.313. The number of alkyl halides is 1. The highest BCUT2D eigenvalue weighted by molar-refractivity contribution is 6.21. The third kappa shape index (κ3) is 8.13. The van der Waals surface area contributed by atoms with Crippen LogP contribution in [0.4, 0.5) is 0 Å². The van der Waals surface area contributed by atoms with Gasteiger partial charge in [-0.05, 0) is 12.8 Å². The number of unbranched alkanes of at least 4 members (excludes halogenated alkanes) is 3. The number of hydrogen-bond donors (Lipinski definition) is 0. The van der Waals surface area contributed by atoms with Gasteiger partial charge in [-0.15, -0.1) is 11.6 Å². The third-order valence-corrected chi connectivity index (χ3v) is 2.27. The maximum absolute atomic E-state index is 6.05. The average Bonchev–Trinajstić information content (AvgIpc) is 2.09. The van der Waals surface area contributed by atoms with Gasteiger partial charge >= 0.3 is 0 Å². The molecule has 1 heteroatoms. The van der Waals surface area contributed by atoms with Crippen LogP contribution in [0, 0.1) is 0 Å². The van der Waals surface area contributed by atoms with E-state index in [0.717, 1.165) is 6.42 Å². The fraction of sp³-hybridized carbons (Fsp3) is 0.818. The fourth-order valence-corrected chi connectivity index (χ4v) is 1.32. The summed E-state index contributed by atoms with van der Waals surface area (Å²) in [5, 5.41) is 0.266. The van der Waals surface area contributed by atoms with Gasteiger partial charge in [0.15, 0.2) is 0 Å². The summed E-state index contributed by atoms with van der Waals surface area (Å²) in [6.07, 6.45) is 11.7. The molecular formula is C11H21Cl. The summed E-state index contributed by atoms with van der Waals surface area (Å²) >= 11 is 6.05. The van der Waals surface area contributed by atoms with Gasteiger partial charge in [-0.2, -0.15) is 0 Å². The number of allylic oxidation sites excluding steroid dienone is 2. The molecular weight excluding hydrogens is 168 g/mol. The van der Waals surface area contributed by atoms with Gasteiger partial charge in [0.05, 0.1) is 5.38 Å². The summed E-state index contributed by atoms with van der Waals surface area (Å²) in [6.45, 7) is 4.41. The predicted octanol–water partition coefficient (Wildman–Crippen LogP) is 4.53. The highest BCUT2D eigenvalue weighted by Gasteiger charge is 1.96. The Morgan fingerprint density at radius 3 is 2.42 bits per heavy atom. The predicted molar refractivity (Wildman–Crippen MR) is 57.8 cm³/mol. The van der Waals surface area contributed by atoms with E-state index in [2.05, 4.69) is 26.0 Å². The molecule has 0 aromatic heterocycles. The van der Waals surface area contributed by atoms with Crippen molar-refractivity contribution in [2.45, 2.75) is 57.7 Å². The van der Waals surface area contributed by atoms with Crippen LogP contribution >= 0.6 is 11.6 Å². The van der Waals surface area contributed by atoms with Gasteiger partial charge in [0.25, 0.3) is 0 Å². The summed E-state index contributed by atoms with van der Waals surface area (Å²) in [6, 6.07) is 0. The topological polar surface area (TPSA) is 0 Å². The van der Waals surface area contributed by atoms with Crippen LogP contribution in [0.5, 0.6) is 0 Å². The molecule has 0 saturated carbocycles. The lowest BCUT2D eigenvalue weighted by molar-refractivity contribution is 0.730. The Morgan fingerprint density at radius 2 is 1.83 bits per heavy atom. The van der Waals surface area contributed by atoms with E-state index in [1.54, 1.807) is 0 Å². The van der Waals surface area contributed by atoms with Crippen molar-refractivity contribution < 1.29 is 0 Å². The van der Waals surface area contributed by atoms with Crippen LogP contribution in [0.1, 0.15) is 52.4 Å². The van der Waals surface area contributed by atoms with E-state index in [1.807, 2.05) is 0 Å². The molecule has 0 rings (SSSR count). The Hall–Kier alpha value is 0.0300. The van der Waals surface area contributed by atoms with Gasteiger partial charge in [-0.25, -0.2) is 0 Å². The summed E-state index contributed by atoms with van der Waals surface area (Å²) in [7, 11) is 0. The summed E-state index contributed by atoms with van der Waals surface area (Å²) < 4.78 is 0. The van der Waals surface area contributed by atoms with Crippen molar-refractivity contribution in [1.29, 1.82) is 0 Å². The summed E-state index contributed by atoms with van der Waals surface area (Å²) in [5.41, 5.74) is 0. The van der Waals surface area contributed by atoms with Crippen LogP contribution in [0.25, 0.3) is 0 Å². The molecule has 0 saturated heterocycles. The van der Waals surface area contributed by atoms with Crippen molar-refractivity contribution in [3.8, 4) is 0 Å². The largest absolute Gasteiger partial charge is 0.118 e. The monoisotopic (exact) mass is 188 g/mol. The second kappa shape index (κ2) is 9.12. The van der Waals surface area contributed by atoms with Crippen molar-refractivity contribution in [3.63, 3.8) is 0 Å². The van der Waals surface area contributed by atoms with E-state index in [4.69, 9.17) is 11.6 Å². The van der Waals surface area contributed by atoms with E-state index in [9.17, 15) is 0 Å². The molecule has 0 aliphatic rings. The highest BCUT2D eigenvalue weighted by atomic mass is 35.5. The van der Waals surface area contributed by atoms with Gasteiger partial charge in [0, 0.05) is 0 Å². The molecule has 0 fully saturated rings. The van der Waals surface area contributed by atoms with Crippen molar-refractivity contribution >= 4 is 11.6 Å². The Balaban J connectivity index is 3.27. The zero-order valence-electron chi connectivity index (χ0n) is 8.35. The molecule has 1 unspecified atom stereocenters. The third-order valence-electron chi connectivity index (χ3n) is 1.90. The van der Waals surface area contributed by atoms with Crippen molar-refractivity contribution in [1.82, 2.24) is 0 Å². The average molecular weight is 189 g/mol.